The van der Waals surface area contributed by atoms with Crippen molar-refractivity contribution in [2.45, 2.75) is 44.5 Å². The first-order valence-electron chi connectivity index (χ1n) is 11.6. The van der Waals surface area contributed by atoms with Crippen LogP contribution in [-0.2, 0) is 25.1 Å². The SMILES string of the molecule is CCOc1ccc2nc(N(CC3CCCO3)C(=O)CCCS(=O)(=O)Cc3ccccc3)sc2c1. The Balaban J connectivity index is 1.45. The molecule has 1 aliphatic heterocycles. The molecule has 182 valence electrons. The monoisotopic (exact) mass is 502 g/mol. The lowest BCUT2D eigenvalue weighted by Gasteiger charge is -2.23. The standard InChI is InChI=1S/C25H30N2O5S2/c1-2-31-20-12-13-22-23(16-20)33-25(26-22)27(17-21-10-6-14-32-21)24(28)11-7-15-34(29,30)18-19-8-4-3-5-9-19/h3-5,8-9,12-13,16,21H,2,6-7,10-11,14-15,17-18H2,1H3. The number of amides is 1. The molecule has 1 aromatic heterocycles. The maximum absolute atomic E-state index is 13.2. The predicted molar refractivity (Wildman–Crippen MR) is 135 cm³/mol. The molecule has 1 atom stereocenters. The van der Waals surface area contributed by atoms with Gasteiger partial charge in [0.05, 0.1) is 41.0 Å². The lowest BCUT2D eigenvalue weighted by molar-refractivity contribution is -0.119. The van der Waals surface area contributed by atoms with E-state index in [0.29, 0.717) is 24.9 Å². The first-order valence-corrected chi connectivity index (χ1v) is 14.3. The van der Waals surface area contributed by atoms with E-state index in [1.807, 2.05) is 43.3 Å². The van der Waals surface area contributed by atoms with Crippen LogP contribution in [0, 0.1) is 0 Å². The van der Waals surface area contributed by atoms with Gasteiger partial charge in [-0.2, -0.15) is 0 Å². The van der Waals surface area contributed by atoms with Crippen LogP contribution < -0.4 is 9.64 Å². The summed E-state index contributed by atoms with van der Waals surface area (Å²) in [5.41, 5.74) is 1.56. The fourth-order valence-corrected chi connectivity index (χ4v) is 6.47. The van der Waals surface area contributed by atoms with Crippen molar-refractivity contribution in [3.05, 3.63) is 54.1 Å². The second kappa shape index (κ2) is 11.3. The summed E-state index contributed by atoms with van der Waals surface area (Å²) < 4.78 is 37.4. The van der Waals surface area contributed by atoms with Crippen LogP contribution in [0.2, 0.25) is 0 Å². The minimum atomic E-state index is -3.30. The van der Waals surface area contributed by atoms with Crippen LogP contribution in [0.5, 0.6) is 5.75 Å². The van der Waals surface area contributed by atoms with E-state index in [2.05, 4.69) is 4.98 Å². The van der Waals surface area contributed by atoms with Crippen LogP contribution in [0.15, 0.2) is 48.5 Å². The van der Waals surface area contributed by atoms with Gasteiger partial charge in [-0.05, 0) is 49.9 Å². The van der Waals surface area contributed by atoms with Crippen molar-refractivity contribution in [3.8, 4) is 5.75 Å². The van der Waals surface area contributed by atoms with Crippen molar-refractivity contribution < 1.29 is 22.7 Å². The molecule has 9 heteroatoms. The van der Waals surface area contributed by atoms with Gasteiger partial charge in [0.25, 0.3) is 0 Å². The van der Waals surface area contributed by atoms with Crippen LogP contribution in [0.25, 0.3) is 10.2 Å². The van der Waals surface area contributed by atoms with E-state index in [9.17, 15) is 13.2 Å². The fraction of sp³-hybridized carbons (Fsp3) is 0.440. The number of ether oxygens (including phenoxy) is 2. The topological polar surface area (TPSA) is 85.8 Å². The van der Waals surface area contributed by atoms with Crippen molar-refractivity contribution >= 4 is 42.4 Å². The van der Waals surface area contributed by atoms with Crippen LogP contribution in [0.4, 0.5) is 5.13 Å². The van der Waals surface area contributed by atoms with Crippen molar-refractivity contribution in [3.63, 3.8) is 0 Å². The molecular formula is C25H30N2O5S2. The molecular weight excluding hydrogens is 472 g/mol. The van der Waals surface area contributed by atoms with E-state index in [1.54, 1.807) is 17.0 Å². The van der Waals surface area contributed by atoms with Gasteiger partial charge in [0.1, 0.15) is 5.75 Å². The molecule has 0 N–H and O–H groups in total. The van der Waals surface area contributed by atoms with E-state index in [0.717, 1.165) is 34.4 Å². The number of carbonyl (C=O) groups is 1. The van der Waals surface area contributed by atoms with Crippen molar-refractivity contribution in [1.29, 1.82) is 0 Å². The normalized spacial score (nSPS) is 16.1. The summed E-state index contributed by atoms with van der Waals surface area (Å²) in [4.78, 5) is 19.6. The van der Waals surface area contributed by atoms with E-state index in [4.69, 9.17) is 9.47 Å². The number of anilines is 1. The summed E-state index contributed by atoms with van der Waals surface area (Å²) in [7, 11) is -3.30. The second-order valence-corrected chi connectivity index (χ2v) is 11.6. The summed E-state index contributed by atoms with van der Waals surface area (Å²) >= 11 is 1.44. The van der Waals surface area contributed by atoms with E-state index in [1.165, 1.54) is 11.3 Å². The van der Waals surface area contributed by atoms with Gasteiger partial charge in [0.15, 0.2) is 15.0 Å². The second-order valence-electron chi connectivity index (χ2n) is 8.38. The van der Waals surface area contributed by atoms with Crippen LogP contribution in [0.3, 0.4) is 0 Å². The van der Waals surface area contributed by atoms with Gasteiger partial charge in [-0.15, -0.1) is 0 Å². The van der Waals surface area contributed by atoms with Gasteiger partial charge < -0.3 is 9.47 Å². The molecule has 0 aliphatic carbocycles. The largest absolute Gasteiger partial charge is 0.494 e. The summed E-state index contributed by atoms with van der Waals surface area (Å²) in [6.45, 7) is 3.63. The van der Waals surface area contributed by atoms with Gasteiger partial charge in [0.2, 0.25) is 5.91 Å². The van der Waals surface area contributed by atoms with Crippen LogP contribution >= 0.6 is 11.3 Å². The Bertz CT molecular complexity index is 1200. The van der Waals surface area contributed by atoms with Crippen LogP contribution in [-0.4, -0.2) is 50.9 Å². The lowest BCUT2D eigenvalue weighted by atomic mass is 10.2. The Morgan fingerprint density at radius 2 is 2.06 bits per heavy atom. The Morgan fingerprint density at radius 1 is 1.24 bits per heavy atom. The molecule has 0 radical (unpaired) electrons. The molecule has 1 aliphatic rings. The molecule has 3 aromatic rings. The third-order valence-corrected chi connectivity index (χ3v) is 8.40. The van der Waals surface area contributed by atoms with Gasteiger partial charge in [-0.3, -0.25) is 9.69 Å². The van der Waals surface area contributed by atoms with E-state index in [-0.39, 0.29) is 36.4 Å². The zero-order chi connectivity index (χ0) is 24.0. The molecule has 1 unspecified atom stereocenters. The van der Waals surface area contributed by atoms with Crippen molar-refractivity contribution in [1.82, 2.24) is 4.98 Å². The molecule has 1 saturated heterocycles. The molecule has 4 rings (SSSR count). The highest BCUT2D eigenvalue weighted by atomic mass is 32.2. The number of sulfone groups is 1. The average molecular weight is 503 g/mol. The summed E-state index contributed by atoms with van der Waals surface area (Å²) in [5, 5.41) is 0.608. The number of aromatic nitrogens is 1. The quantitative estimate of drug-likeness (QED) is 0.381. The Kier molecular flexibility index (Phi) is 8.18. The minimum Gasteiger partial charge on any atom is -0.494 e. The third-order valence-electron chi connectivity index (χ3n) is 5.68. The third kappa shape index (κ3) is 6.55. The zero-order valence-corrected chi connectivity index (χ0v) is 20.9. The van der Waals surface area contributed by atoms with Crippen molar-refractivity contribution in [2.24, 2.45) is 0 Å². The van der Waals surface area contributed by atoms with E-state index >= 15 is 0 Å². The molecule has 2 heterocycles. The molecule has 0 bridgehead atoms. The zero-order valence-electron chi connectivity index (χ0n) is 19.3. The molecule has 1 fully saturated rings. The number of hydrogen-bond acceptors (Lipinski definition) is 7. The average Bonchev–Trinajstić information content (AvgIpc) is 3.47. The van der Waals surface area contributed by atoms with Crippen LogP contribution in [0.1, 0.15) is 38.2 Å². The van der Waals surface area contributed by atoms with E-state index < -0.39 is 9.84 Å². The number of nitrogens with zero attached hydrogens (tertiary/aromatic N) is 2. The number of carbonyl (C=O) groups excluding carboxylic acids is 1. The van der Waals surface area contributed by atoms with Gasteiger partial charge in [-0.25, -0.2) is 13.4 Å². The minimum absolute atomic E-state index is 0.0122. The number of hydrogen-bond donors (Lipinski definition) is 0. The Hall–Kier alpha value is -2.49. The number of thiazole rings is 1. The molecule has 1 amide bonds. The first-order chi connectivity index (χ1) is 16.4. The summed E-state index contributed by atoms with van der Waals surface area (Å²) in [6.07, 6.45) is 2.25. The smallest absolute Gasteiger partial charge is 0.228 e. The molecule has 0 saturated carbocycles. The number of benzene rings is 2. The fourth-order valence-electron chi connectivity index (χ4n) is 4.02. The Labute approximate surface area is 204 Å². The maximum Gasteiger partial charge on any atom is 0.228 e. The Morgan fingerprint density at radius 3 is 2.79 bits per heavy atom. The molecule has 0 spiro atoms. The molecule has 2 aromatic carbocycles. The summed E-state index contributed by atoms with van der Waals surface area (Å²) in [6, 6.07) is 14.8. The predicted octanol–water partition coefficient (Wildman–Crippen LogP) is 4.60. The summed E-state index contributed by atoms with van der Waals surface area (Å²) in [5.74, 6) is 0.598. The van der Waals surface area contributed by atoms with Crippen molar-refractivity contribution in [2.75, 3.05) is 30.4 Å². The lowest BCUT2D eigenvalue weighted by Crippen LogP contribution is -2.37. The van der Waals surface area contributed by atoms with Gasteiger partial charge in [-0.1, -0.05) is 41.7 Å². The number of fused-ring (bicyclic) bond motifs is 1. The number of rotatable bonds is 11. The first kappa shape index (κ1) is 24.6. The van der Waals surface area contributed by atoms with Gasteiger partial charge >= 0.3 is 0 Å². The highest BCUT2D eigenvalue weighted by Crippen LogP contribution is 2.33. The molecule has 34 heavy (non-hydrogen) atoms. The van der Waals surface area contributed by atoms with Gasteiger partial charge in [0, 0.05) is 13.0 Å². The molecule has 7 nitrogen and oxygen atoms in total. The highest BCUT2D eigenvalue weighted by Gasteiger charge is 2.26. The maximum atomic E-state index is 13.2. The highest BCUT2D eigenvalue weighted by molar-refractivity contribution is 7.90.